The van der Waals surface area contributed by atoms with E-state index in [1.165, 1.54) is 0 Å². The van der Waals surface area contributed by atoms with Gasteiger partial charge in [-0.3, -0.25) is 0 Å². The molecular weight excluding hydrogens is 98.1 g/mol. The van der Waals surface area contributed by atoms with Gasteiger partial charge in [-0.15, -0.1) is 0 Å². The molecule has 0 bridgehead atoms. The van der Waals surface area contributed by atoms with E-state index in [2.05, 4.69) is 27.7 Å². The molecule has 0 aromatic carbocycles. The van der Waals surface area contributed by atoms with Crippen molar-refractivity contribution in [3.8, 4) is 0 Å². The third-order valence-corrected chi connectivity index (χ3v) is 2.14. The molecule has 0 aromatic rings. The summed E-state index contributed by atoms with van der Waals surface area (Å²) in [5.74, 6) is 0. The van der Waals surface area contributed by atoms with E-state index in [0.29, 0.717) is 11.5 Å². The summed E-state index contributed by atoms with van der Waals surface area (Å²) in [5, 5.41) is 0. The molecule has 0 rings (SSSR count). The van der Waals surface area contributed by atoms with Crippen LogP contribution in [0.4, 0.5) is 0 Å². The van der Waals surface area contributed by atoms with Gasteiger partial charge in [0.2, 0.25) is 0 Å². The Kier molecular flexibility index (Phi) is 2.48. The summed E-state index contributed by atoms with van der Waals surface area (Å²) < 4.78 is 0. The molecule has 0 aromatic heterocycles. The second-order valence-electron chi connectivity index (χ2n) is 3.13. The van der Waals surface area contributed by atoms with Gasteiger partial charge in [0.15, 0.2) is 0 Å². The summed E-state index contributed by atoms with van der Waals surface area (Å²) in [7, 11) is 0. The number of hydrogen-bond acceptors (Lipinski definition) is 1. The third-order valence-electron chi connectivity index (χ3n) is 2.14. The monoisotopic (exact) mass is 115 g/mol. The Morgan fingerprint density at radius 3 is 1.88 bits per heavy atom. The summed E-state index contributed by atoms with van der Waals surface area (Å²) in [5.41, 5.74) is 6.00. The fourth-order valence-electron chi connectivity index (χ4n) is 0.322. The highest BCUT2D eigenvalue weighted by Crippen LogP contribution is 2.22. The molecule has 1 nitrogen and oxygen atoms in total. The van der Waals surface area contributed by atoms with Gasteiger partial charge >= 0.3 is 0 Å². The summed E-state index contributed by atoms with van der Waals surface area (Å²) >= 11 is 0. The molecule has 0 saturated carbocycles. The summed E-state index contributed by atoms with van der Waals surface area (Å²) in [6.45, 7) is 8.61. The lowest BCUT2D eigenvalue weighted by molar-refractivity contribution is 0.290. The maximum absolute atomic E-state index is 5.68. The molecule has 50 valence electrons. The zero-order valence-electron chi connectivity index (χ0n) is 6.36. The normalized spacial score (nSPS) is 16.1. The second kappa shape index (κ2) is 2.49. The first kappa shape index (κ1) is 7.96. The Balaban J connectivity index is 3.71. The molecular formula is C7H17N. The molecule has 1 unspecified atom stereocenters. The average molecular weight is 115 g/mol. The van der Waals surface area contributed by atoms with Crippen LogP contribution in [0.15, 0.2) is 0 Å². The Labute approximate surface area is 52.3 Å². The van der Waals surface area contributed by atoms with Crippen LogP contribution in [-0.2, 0) is 0 Å². The smallest absolute Gasteiger partial charge is 0.00616 e. The number of rotatable bonds is 2. The van der Waals surface area contributed by atoms with Crippen LogP contribution in [0.1, 0.15) is 34.1 Å². The van der Waals surface area contributed by atoms with E-state index < -0.39 is 0 Å². The molecule has 0 radical (unpaired) electrons. The summed E-state index contributed by atoms with van der Waals surface area (Å²) in [6.07, 6.45) is 1.16. The van der Waals surface area contributed by atoms with E-state index in [4.69, 9.17) is 5.73 Å². The quantitative estimate of drug-likeness (QED) is 0.583. The van der Waals surface area contributed by atoms with Crippen LogP contribution in [0, 0.1) is 5.41 Å². The van der Waals surface area contributed by atoms with Gasteiger partial charge in [0.1, 0.15) is 0 Å². The van der Waals surface area contributed by atoms with Crippen LogP contribution in [-0.4, -0.2) is 6.04 Å². The Morgan fingerprint density at radius 2 is 1.88 bits per heavy atom. The van der Waals surface area contributed by atoms with E-state index in [9.17, 15) is 0 Å². The second-order valence-corrected chi connectivity index (χ2v) is 3.13. The molecule has 8 heavy (non-hydrogen) atoms. The predicted molar refractivity (Wildman–Crippen MR) is 37.7 cm³/mol. The largest absolute Gasteiger partial charge is 0.327 e. The van der Waals surface area contributed by atoms with Crippen molar-refractivity contribution in [2.24, 2.45) is 11.1 Å². The molecule has 0 amide bonds. The minimum Gasteiger partial charge on any atom is -0.327 e. The van der Waals surface area contributed by atoms with Gasteiger partial charge in [-0.1, -0.05) is 20.8 Å². The van der Waals surface area contributed by atoms with Gasteiger partial charge < -0.3 is 5.73 Å². The average Bonchev–Trinajstić information content (AvgIpc) is 1.67. The van der Waals surface area contributed by atoms with Gasteiger partial charge in [-0.25, -0.2) is 0 Å². The van der Waals surface area contributed by atoms with Crippen molar-refractivity contribution in [1.82, 2.24) is 0 Å². The molecule has 0 saturated heterocycles. The Bertz CT molecular complexity index is 64.8. The van der Waals surface area contributed by atoms with Crippen molar-refractivity contribution >= 4 is 0 Å². The van der Waals surface area contributed by atoms with Gasteiger partial charge in [-0.2, -0.15) is 0 Å². The number of nitrogens with two attached hydrogens (primary N) is 1. The van der Waals surface area contributed by atoms with Crippen molar-refractivity contribution in [2.75, 3.05) is 0 Å². The zero-order valence-corrected chi connectivity index (χ0v) is 6.36. The van der Waals surface area contributed by atoms with Crippen LogP contribution < -0.4 is 5.73 Å². The molecule has 0 aliphatic carbocycles. The van der Waals surface area contributed by atoms with Crippen molar-refractivity contribution in [2.45, 2.75) is 40.2 Å². The van der Waals surface area contributed by atoms with Crippen LogP contribution in [0.2, 0.25) is 0 Å². The van der Waals surface area contributed by atoms with E-state index >= 15 is 0 Å². The third kappa shape index (κ3) is 1.83. The minimum atomic E-state index is 0.312. The van der Waals surface area contributed by atoms with Crippen LogP contribution >= 0.6 is 0 Å². The van der Waals surface area contributed by atoms with E-state index in [0.717, 1.165) is 6.42 Å². The fraction of sp³-hybridized carbons (Fsp3) is 1.00. The molecule has 1 heteroatoms. The maximum Gasteiger partial charge on any atom is 0.00616 e. The number of hydrogen-bond donors (Lipinski definition) is 1. The van der Waals surface area contributed by atoms with Crippen LogP contribution in [0.5, 0.6) is 0 Å². The summed E-state index contributed by atoms with van der Waals surface area (Å²) in [4.78, 5) is 0. The van der Waals surface area contributed by atoms with Crippen molar-refractivity contribution in [3.63, 3.8) is 0 Å². The Hall–Kier alpha value is -0.0400. The van der Waals surface area contributed by atoms with Gasteiger partial charge in [0, 0.05) is 6.04 Å². The molecule has 0 fully saturated rings. The van der Waals surface area contributed by atoms with Crippen molar-refractivity contribution < 1.29 is 0 Å². The van der Waals surface area contributed by atoms with Crippen molar-refractivity contribution in [3.05, 3.63) is 0 Å². The lowest BCUT2D eigenvalue weighted by Gasteiger charge is -2.26. The molecule has 1 atom stereocenters. The molecule has 2 N–H and O–H groups in total. The van der Waals surface area contributed by atoms with E-state index in [1.807, 2.05) is 0 Å². The lowest BCUT2D eigenvalue weighted by Crippen LogP contribution is -2.33. The highest BCUT2D eigenvalue weighted by Gasteiger charge is 2.19. The molecule has 0 aliphatic rings. The Morgan fingerprint density at radius 1 is 1.50 bits per heavy atom. The molecule has 0 heterocycles. The first-order chi connectivity index (χ1) is 3.50. The van der Waals surface area contributed by atoms with Gasteiger partial charge in [0.05, 0.1) is 0 Å². The van der Waals surface area contributed by atoms with Crippen LogP contribution in [0.25, 0.3) is 0 Å². The first-order valence-electron chi connectivity index (χ1n) is 3.26. The highest BCUT2D eigenvalue weighted by molar-refractivity contribution is 4.75. The summed E-state index contributed by atoms with van der Waals surface area (Å²) in [6, 6.07) is 0.312. The lowest BCUT2D eigenvalue weighted by atomic mass is 9.84. The fourth-order valence-corrected chi connectivity index (χ4v) is 0.322. The zero-order chi connectivity index (χ0) is 6.78. The van der Waals surface area contributed by atoms with Crippen molar-refractivity contribution in [1.29, 1.82) is 0 Å². The SMILES string of the molecule is CCC(C)(C)C(C)N. The van der Waals surface area contributed by atoms with E-state index in [1.54, 1.807) is 0 Å². The standard InChI is InChI=1S/C7H17N/c1-5-7(3,4)6(2)8/h6H,5,8H2,1-4H3. The highest BCUT2D eigenvalue weighted by atomic mass is 14.7. The van der Waals surface area contributed by atoms with Gasteiger partial charge in [0.25, 0.3) is 0 Å². The maximum atomic E-state index is 5.68. The van der Waals surface area contributed by atoms with Gasteiger partial charge in [-0.05, 0) is 18.8 Å². The predicted octanol–water partition coefficient (Wildman–Crippen LogP) is 1.77. The topological polar surface area (TPSA) is 26.0 Å². The molecule has 0 spiro atoms. The minimum absolute atomic E-state index is 0.312. The van der Waals surface area contributed by atoms with E-state index in [-0.39, 0.29) is 0 Å². The van der Waals surface area contributed by atoms with Crippen LogP contribution in [0.3, 0.4) is 0 Å². The molecule has 0 aliphatic heterocycles. The first-order valence-corrected chi connectivity index (χ1v) is 3.26.